The molecular weight excluding hydrogens is 292 g/mol. The molecule has 0 saturated heterocycles. The van der Waals surface area contributed by atoms with E-state index in [1.807, 2.05) is 6.07 Å². The smallest absolute Gasteiger partial charge is 0.307 e. The molecule has 0 saturated carbocycles. The van der Waals surface area contributed by atoms with Crippen molar-refractivity contribution in [3.63, 3.8) is 0 Å². The van der Waals surface area contributed by atoms with Crippen molar-refractivity contribution in [1.29, 1.82) is 5.26 Å². The number of nitrogens with zero attached hydrogens (tertiary/aromatic N) is 1. The van der Waals surface area contributed by atoms with E-state index in [-0.39, 0.29) is 17.9 Å². The predicted molar refractivity (Wildman–Crippen MR) is 76.8 cm³/mol. The molecule has 0 aliphatic rings. The molecule has 1 aromatic rings. The Hall–Kier alpha value is -1.91. The molecule has 0 aromatic heterocycles. The minimum atomic E-state index is -3.69. The van der Waals surface area contributed by atoms with E-state index in [1.54, 1.807) is 20.8 Å². The number of ether oxygens (including phenoxy) is 1. The fourth-order valence-corrected chi connectivity index (χ4v) is 2.50. The van der Waals surface area contributed by atoms with E-state index in [9.17, 15) is 13.2 Å². The van der Waals surface area contributed by atoms with Gasteiger partial charge in [0.2, 0.25) is 10.0 Å². The SMILES string of the molecule is CC(C)(C)OC(=O)CCNS(=O)(=O)c1ccc(C#N)cc1. The van der Waals surface area contributed by atoms with Crippen molar-refractivity contribution in [3.8, 4) is 6.07 Å². The quantitative estimate of drug-likeness (QED) is 0.833. The highest BCUT2D eigenvalue weighted by Crippen LogP contribution is 2.11. The zero-order valence-corrected chi connectivity index (χ0v) is 13.0. The van der Waals surface area contributed by atoms with Crippen LogP contribution in [0.4, 0.5) is 0 Å². The molecule has 6 nitrogen and oxygen atoms in total. The lowest BCUT2D eigenvalue weighted by molar-refractivity contribution is -0.154. The summed E-state index contributed by atoms with van der Waals surface area (Å²) < 4.78 is 31.3. The predicted octanol–water partition coefficient (Wildman–Crippen LogP) is 1.57. The number of hydrogen-bond acceptors (Lipinski definition) is 5. The van der Waals surface area contributed by atoms with Gasteiger partial charge in [0.15, 0.2) is 0 Å². The van der Waals surface area contributed by atoms with Gasteiger partial charge in [-0.2, -0.15) is 5.26 Å². The van der Waals surface area contributed by atoms with Gasteiger partial charge in [-0.05, 0) is 45.0 Å². The summed E-state index contributed by atoms with van der Waals surface area (Å²) in [4.78, 5) is 11.5. The second-order valence-corrected chi connectivity index (χ2v) is 7.14. The van der Waals surface area contributed by atoms with Crippen molar-refractivity contribution in [2.24, 2.45) is 0 Å². The van der Waals surface area contributed by atoms with Crippen LogP contribution in [0.25, 0.3) is 0 Å². The number of nitrogens with one attached hydrogen (secondary N) is 1. The topological polar surface area (TPSA) is 96.3 Å². The molecular formula is C14H18N2O4S. The third kappa shape index (κ3) is 5.94. The van der Waals surface area contributed by atoms with Crippen LogP contribution >= 0.6 is 0 Å². The highest BCUT2D eigenvalue weighted by molar-refractivity contribution is 7.89. The molecule has 0 spiro atoms. The third-order valence-corrected chi connectivity index (χ3v) is 3.81. The molecule has 0 radical (unpaired) electrons. The van der Waals surface area contributed by atoms with E-state index >= 15 is 0 Å². The van der Waals surface area contributed by atoms with Crippen molar-refractivity contribution in [3.05, 3.63) is 29.8 Å². The van der Waals surface area contributed by atoms with Gasteiger partial charge in [0.25, 0.3) is 0 Å². The molecule has 0 unspecified atom stereocenters. The number of carbonyl (C=O) groups excluding carboxylic acids is 1. The average molecular weight is 310 g/mol. The Morgan fingerprint density at radius 3 is 2.33 bits per heavy atom. The fourth-order valence-electron chi connectivity index (χ4n) is 1.47. The van der Waals surface area contributed by atoms with E-state index in [0.29, 0.717) is 5.56 Å². The van der Waals surface area contributed by atoms with Gasteiger partial charge in [0, 0.05) is 6.54 Å². The Kier molecular flexibility index (Phi) is 5.47. The monoisotopic (exact) mass is 310 g/mol. The van der Waals surface area contributed by atoms with Crippen LogP contribution in [0.15, 0.2) is 29.2 Å². The van der Waals surface area contributed by atoms with Crippen LogP contribution in [0, 0.1) is 11.3 Å². The minimum absolute atomic E-state index is 0.0444. The van der Waals surface area contributed by atoms with Crippen LogP contribution in [-0.4, -0.2) is 26.5 Å². The second kappa shape index (κ2) is 6.70. The van der Waals surface area contributed by atoms with E-state index < -0.39 is 21.6 Å². The average Bonchev–Trinajstić information content (AvgIpc) is 2.36. The molecule has 7 heteroatoms. The number of sulfonamides is 1. The van der Waals surface area contributed by atoms with Crippen LogP contribution in [0.3, 0.4) is 0 Å². The Morgan fingerprint density at radius 1 is 1.29 bits per heavy atom. The Balaban J connectivity index is 2.57. The number of nitriles is 1. The standard InChI is InChI=1S/C14H18N2O4S/c1-14(2,3)20-13(17)8-9-16-21(18,19)12-6-4-11(10-15)5-7-12/h4-7,16H,8-9H2,1-3H3. The zero-order chi connectivity index (χ0) is 16.1. The normalized spacial score (nSPS) is 11.7. The Labute approximate surface area is 124 Å². The molecule has 1 aromatic carbocycles. The van der Waals surface area contributed by atoms with Crippen molar-refractivity contribution < 1.29 is 17.9 Å². The van der Waals surface area contributed by atoms with E-state index in [2.05, 4.69) is 4.72 Å². The van der Waals surface area contributed by atoms with Gasteiger partial charge in [-0.15, -0.1) is 0 Å². The summed E-state index contributed by atoms with van der Waals surface area (Å²) in [5, 5.41) is 8.66. The molecule has 1 rings (SSSR count). The number of carbonyl (C=O) groups is 1. The van der Waals surface area contributed by atoms with Crippen LogP contribution in [0.5, 0.6) is 0 Å². The summed E-state index contributed by atoms with van der Waals surface area (Å²) in [7, 11) is -3.69. The first-order chi connectivity index (χ1) is 9.64. The van der Waals surface area contributed by atoms with Crippen LogP contribution < -0.4 is 4.72 Å². The van der Waals surface area contributed by atoms with Crippen LogP contribution in [-0.2, 0) is 19.6 Å². The van der Waals surface area contributed by atoms with E-state index in [4.69, 9.17) is 10.00 Å². The molecule has 0 fully saturated rings. The van der Waals surface area contributed by atoms with Gasteiger partial charge < -0.3 is 4.74 Å². The first-order valence-corrected chi connectivity index (χ1v) is 7.84. The summed E-state index contributed by atoms with van der Waals surface area (Å²) >= 11 is 0. The molecule has 0 aliphatic heterocycles. The largest absolute Gasteiger partial charge is 0.460 e. The Morgan fingerprint density at radius 2 is 1.86 bits per heavy atom. The summed E-state index contributed by atoms with van der Waals surface area (Å²) in [6.45, 7) is 5.18. The number of hydrogen-bond donors (Lipinski definition) is 1. The maximum absolute atomic E-state index is 12.0. The Bertz CT molecular complexity index is 637. The first-order valence-electron chi connectivity index (χ1n) is 6.36. The molecule has 0 amide bonds. The van der Waals surface area contributed by atoms with E-state index in [1.165, 1.54) is 24.3 Å². The lowest BCUT2D eigenvalue weighted by Crippen LogP contribution is -2.29. The molecule has 1 N–H and O–H groups in total. The van der Waals surface area contributed by atoms with Crippen molar-refractivity contribution >= 4 is 16.0 Å². The van der Waals surface area contributed by atoms with Gasteiger partial charge in [-0.25, -0.2) is 13.1 Å². The first kappa shape index (κ1) is 17.1. The number of rotatable bonds is 5. The molecule has 0 atom stereocenters. The van der Waals surface area contributed by atoms with Gasteiger partial charge in [-0.3, -0.25) is 4.79 Å². The maximum atomic E-state index is 12.0. The van der Waals surface area contributed by atoms with Crippen molar-refractivity contribution in [2.75, 3.05) is 6.54 Å². The lowest BCUT2D eigenvalue weighted by atomic mass is 10.2. The molecule has 114 valence electrons. The van der Waals surface area contributed by atoms with Gasteiger partial charge in [0.1, 0.15) is 5.60 Å². The van der Waals surface area contributed by atoms with Gasteiger partial charge >= 0.3 is 5.97 Å². The molecule has 0 heterocycles. The number of benzene rings is 1. The highest BCUT2D eigenvalue weighted by atomic mass is 32.2. The molecule has 0 aliphatic carbocycles. The highest BCUT2D eigenvalue weighted by Gasteiger charge is 2.18. The maximum Gasteiger partial charge on any atom is 0.307 e. The van der Waals surface area contributed by atoms with E-state index in [0.717, 1.165) is 0 Å². The zero-order valence-electron chi connectivity index (χ0n) is 12.2. The third-order valence-electron chi connectivity index (χ3n) is 2.33. The summed E-state index contributed by atoms with van der Waals surface area (Å²) in [5.41, 5.74) is -0.217. The van der Waals surface area contributed by atoms with Crippen molar-refractivity contribution in [2.45, 2.75) is 37.7 Å². The summed E-state index contributed by atoms with van der Waals surface area (Å²) in [6.07, 6.45) is -0.0488. The fraction of sp³-hybridized carbons (Fsp3) is 0.429. The van der Waals surface area contributed by atoms with Gasteiger partial charge in [-0.1, -0.05) is 0 Å². The van der Waals surface area contributed by atoms with Crippen molar-refractivity contribution in [1.82, 2.24) is 4.72 Å². The second-order valence-electron chi connectivity index (χ2n) is 5.37. The minimum Gasteiger partial charge on any atom is -0.460 e. The van der Waals surface area contributed by atoms with Crippen LogP contribution in [0.1, 0.15) is 32.8 Å². The summed E-state index contributed by atoms with van der Waals surface area (Å²) in [5.74, 6) is -0.468. The van der Waals surface area contributed by atoms with Crippen LogP contribution in [0.2, 0.25) is 0 Å². The molecule has 0 bridgehead atoms. The van der Waals surface area contributed by atoms with Gasteiger partial charge in [0.05, 0.1) is 22.9 Å². The number of esters is 1. The molecule has 21 heavy (non-hydrogen) atoms. The summed E-state index contributed by atoms with van der Waals surface area (Å²) in [6, 6.07) is 7.43. The lowest BCUT2D eigenvalue weighted by Gasteiger charge is -2.19.